The SMILES string of the molecule is O=C(Cn1nc(COc2ccc3c(c2)CCCC3)oc1=S)Nc1ccc(Cl)c(Cl)c1. The van der Waals surface area contributed by atoms with Crippen LogP contribution in [0.15, 0.2) is 40.8 Å². The number of anilines is 1. The van der Waals surface area contributed by atoms with Gasteiger partial charge in [-0.05, 0) is 79.4 Å². The van der Waals surface area contributed by atoms with Crippen LogP contribution < -0.4 is 10.1 Å². The topological polar surface area (TPSA) is 69.3 Å². The molecule has 1 aliphatic rings. The number of carbonyl (C=O) groups is 1. The number of ether oxygens (including phenoxy) is 1. The van der Waals surface area contributed by atoms with Gasteiger partial charge in [-0.25, -0.2) is 4.68 Å². The van der Waals surface area contributed by atoms with Gasteiger partial charge in [-0.2, -0.15) is 0 Å². The lowest BCUT2D eigenvalue weighted by atomic mass is 9.92. The van der Waals surface area contributed by atoms with Crippen molar-refractivity contribution in [1.29, 1.82) is 0 Å². The highest BCUT2D eigenvalue weighted by atomic mass is 35.5. The number of hydrogen-bond donors (Lipinski definition) is 1. The second kappa shape index (κ2) is 9.20. The minimum Gasteiger partial charge on any atom is -0.484 e. The molecule has 156 valence electrons. The number of carbonyl (C=O) groups excluding carboxylic acids is 1. The van der Waals surface area contributed by atoms with Crippen molar-refractivity contribution in [2.45, 2.75) is 38.8 Å². The summed E-state index contributed by atoms with van der Waals surface area (Å²) >= 11 is 17.0. The summed E-state index contributed by atoms with van der Waals surface area (Å²) in [5.41, 5.74) is 3.26. The van der Waals surface area contributed by atoms with Crippen molar-refractivity contribution < 1.29 is 13.9 Å². The summed E-state index contributed by atoms with van der Waals surface area (Å²) in [5.74, 6) is 0.753. The Morgan fingerprint density at radius 1 is 1.13 bits per heavy atom. The van der Waals surface area contributed by atoms with Crippen LogP contribution in [-0.4, -0.2) is 15.7 Å². The van der Waals surface area contributed by atoms with E-state index >= 15 is 0 Å². The zero-order valence-electron chi connectivity index (χ0n) is 16.0. The van der Waals surface area contributed by atoms with Gasteiger partial charge in [0.25, 0.3) is 10.7 Å². The van der Waals surface area contributed by atoms with Crippen LogP contribution in [0.1, 0.15) is 29.9 Å². The smallest absolute Gasteiger partial charge is 0.287 e. The Balaban J connectivity index is 1.36. The molecule has 0 fully saturated rings. The summed E-state index contributed by atoms with van der Waals surface area (Å²) in [6.45, 7) is 0.0330. The number of amides is 1. The number of benzene rings is 2. The number of aromatic nitrogens is 2. The molecule has 1 amide bonds. The average molecular weight is 464 g/mol. The molecule has 6 nitrogen and oxygen atoms in total. The molecule has 0 aliphatic heterocycles. The van der Waals surface area contributed by atoms with Crippen molar-refractivity contribution in [3.63, 3.8) is 0 Å². The molecule has 1 N–H and O–H groups in total. The van der Waals surface area contributed by atoms with E-state index in [1.54, 1.807) is 18.2 Å². The Morgan fingerprint density at radius 2 is 1.93 bits per heavy atom. The van der Waals surface area contributed by atoms with Crippen LogP contribution in [0.2, 0.25) is 10.0 Å². The number of fused-ring (bicyclic) bond motifs is 1. The van der Waals surface area contributed by atoms with Gasteiger partial charge < -0.3 is 14.5 Å². The second-order valence-electron chi connectivity index (χ2n) is 7.02. The largest absolute Gasteiger partial charge is 0.484 e. The highest BCUT2D eigenvalue weighted by Crippen LogP contribution is 2.26. The Bertz CT molecular complexity index is 1140. The van der Waals surface area contributed by atoms with Gasteiger partial charge in [0.05, 0.1) is 10.0 Å². The predicted molar refractivity (Wildman–Crippen MR) is 118 cm³/mol. The van der Waals surface area contributed by atoms with Crippen molar-refractivity contribution >= 4 is 47.0 Å². The third-order valence-corrected chi connectivity index (χ3v) is 5.86. The number of nitrogens with one attached hydrogen (secondary N) is 1. The molecule has 0 saturated heterocycles. The van der Waals surface area contributed by atoms with Gasteiger partial charge in [-0.1, -0.05) is 29.3 Å². The lowest BCUT2D eigenvalue weighted by molar-refractivity contribution is -0.117. The average Bonchev–Trinajstić information content (AvgIpc) is 3.08. The molecule has 0 bridgehead atoms. The van der Waals surface area contributed by atoms with Crippen molar-refractivity contribution in [3.05, 3.63) is 68.3 Å². The van der Waals surface area contributed by atoms with Gasteiger partial charge in [0.2, 0.25) is 5.91 Å². The Morgan fingerprint density at radius 3 is 2.73 bits per heavy atom. The number of halogens is 2. The first-order valence-electron chi connectivity index (χ1n) is 9.54. The van der Waals surface area contributed by atoms with E-state index in [1.165, 1.54) is 28.7 Å². The van der Waals surface area contributed by atoms with E-state index < -0.39 is 0 Å². The third kappa shape index (κ3) is 5.03. The van der Waals surface area contributed by atoms with Crippen LogP contribution >= 0.6 is 35.4 Å². The zero-order valence-corrected chi connectivity index (χ0v) is 18.3. The molecule has 0 radical (unpaired) electrons. The number of nitrogens with zero attached hydrogens (tertiary/aromatic N) is 2. The fraction of sp³-hybridized carbons (Fsp3) is 0.286. The summed E-state index contributed by atoms with van der Waals surface area (Å²) in [6, 6.07) is 11.0. The maximum Gasteiger partial charge on any atom is 0.287 e. The fourth-order valence-electron chi connectivity index (χ4n) is 3.36. The van der Waals surface area contributed by atoms with E-state index in [1.807, 2.05) is 6.07 Å². The normalized spacial score (nSPS) is 13.0. The van der Waals surface area contributed by atoms with Gasteiger partial charge in [-0.3, -0.25) is 4.79 Å². The molecule has 4 rings (SSSR count). The third-order valence-electron chi connectivity index (χ3n) is 4.83. The number of aryl methyl sites for hydroxylation is 2. The van der Waals surface area contributed by atoms with E-state index in [0.29, 0.717) is 21.6 Å². The minimum atomic E-state index is -0.319. The molecule has 1 aromatic heterocycles. The minimum absolute atomic E-state index is 0.0958. The first kappa shape index (κ1) is 20.9. The maximum absolute atomic E-state index is 12.3. The lowest BCUT2D eigenvalue weighted by Gasteiger charge is -2.16. The van der Waals surface area contributed by atoms with Gasteiger partial charge in [0, 0.05) is 5.69 Å². The predicted octanol–water partition coefficient (Wildman–Crippen LogP) is 5.61. The number of rotatable bonds is 6. The van der Waals surface area contributed by atoms with Crippen LogP contribution in [0.25, 0.3) is 0 Å². The standard InChI is InChI=1S/C21H19Cl2N3O3S/c22-17-8-6-15(10-18(17)23)24-19(27)11-26-21(30)29-20(25-26)12-28-16-7-5-13-3-1-2-4-14(13)9-16/h5-10H,1-4,11-12H2,(H,24,27). The molecule has 1 aliphatic carbocycles. The molecule has 0 unspecified atom stereocenters. The molecule has 30 heavy (non-hydrogen) atoms. The van der Waals surface area contributed by atoms with Gasteiger partial charge in [0.15, 0.2) is 6.61 Å². The highest BCUT2D eigenvalue weighted by Gasteiger charge is 2.13. The Labute approximate surface area is 188 Å². The van der Waals surface area contributed by atoms with E-state index in [0.717, 1.165) is 18.6 Å². The van der Waals surface area contributed by atoms with Crippen LogP contribution in [-0.2, 0) is 30.8 Å². The molecule has 3 aromatic rings. The van der Waals surface area contributed by atoms with Crippen molar-refractivity contribution in [2.75, 3.05) is 5.32 Å². The first-order valence-corrected chi connectivity index (χ1v) is 10.7. The monoisotopic (exact) mass is 463 g/mol. The van der Waals surface area contributed by atoms with Crippen LogP contribution in [0, 0.1) is 4.84 Å². The van der Waals surface area contributed by atoms with Crippen LogP contribution in [0.5, 0.6) is 5.75 Å². The first-order chi connectivity index (χ1) is 14.5. The zero-order chi connectivity index (χ0) is 21.1. The Hall–Kier alpha value is -2.35. The quantitative estimate of drug-likeness (QED) is 0.481. The summed E-state index contributed by atoms with van der Waals surface area (Å²) in [5, 5.41) is 7.73. The summed E-state index contributed by atoms with van der Waals surface area (Å²) in [6.07, 6.45) is 4.65. The van der Waals surface area contributed by atoms with E-state index in [2.05, 4.69) is 22.5 Å². The van der Waals surface area contributed by atoms with E-state index in [4.69, 9.17) is 44.6 Å². The molecule has 0 saturated carbocycles. The van der Waals surface area contributed by atoms with Crippen molar-refractivity contribution in [3.8, 4) is 5.75 Å². The Kier molecular flexibility index (Phi) is 6.41. The van der Waals surface area contributed by atoms with Gasteiger partial charge >= 0.3 is 0 Å². The summed E-state index contributed by atoms with van der Waals surface area (Å²) in [7, 11) is 0. The van der Waals surface area contributed by atoms with Crippen molar-refractivity contribution in [1.82, 2.24) is 9.78 Å². The molecule has 9 heteroatoms. The summed E-state index contributed by atoms with van der Waals surface area (Å²) in [4.78, 5) is 12.4. The van der Waals surface area contributed by atoms with Gasteiger partial charge in [-0.15, -0.1) is 5.10 Å². The second-order valence-corrected chi connectivity index (χ2v) is 8.19. The molecule has 0 spiro atoms. The van der Waals surface area contributed by atoms with Crippen molar-refractivity contribution in [2.24, 2.45) is 0 Å². The molecule has 1 heterocycles. The van der Waals surface area contributed by atoms with Crippen LogP contribution in [0.3, 0.4) is 0 Å². The highest BCUT2D eigenvalue weighted by molar-refractivity contribution is 7.71. The lowest BCUT2D eigenvalue weighted by Crippen LogP contribution is -2.19. The van der Waals surface area contributed by atoms with E-state index in [9.17, 15) is 4.79 Å². The molecule has 0 atom stereocenters. The maximum atomic E-state index is 12.3. The fourth-order valence-corrected chi connectivity index (χ4v) is 3.86. The molecule has 2 aromatic carbocycles. The van der Waals surface area contributed by atoms with E-state index in [-0.39, 0.29) is 23.9 Å². The van der Waals surface area contributed by atoms with Gasteiger partial charge in [0.1, 0.15) is 12.3 Å². The molecular weight excluding hydrogens is 445 g/mol. The number of hydrogen-bond acceptors (Lipinski definition) is 5. The van der Waals surface area contributed by atoms with Crippen LogP contribution in [0.4, 0.5) is 5.69 Å². The molecular formula is C21H19Cl2N3O3S. The summed E-state index contributed by atoms with van der Waals surface area (Å²) < 4.78 is 12.6.